The second-order valence-corrected chi connectivity index (χ2v) is 9.20. The van der Waals surface area contributed by atoms with Crippen LogP contribution in [0.4, 0.5) is 5.69 Å². The average Bonchev–Trinajstić information content (AvgIpc) is 3.57. The Morgan fingerprint density at radius 2 is 2.06 bits per heavy atom. The van der Waals surface area contributed by atoms with Gasteiger partial charge in [-0.2, -0.15) is 4.99 Å². The number of nitrogens with one attached hydrogen (secondary N) is 2. The van der Waals surface area contributed by atoms with Crippen molar-refractivity contribution in [2.24, 2.45) is 10.9 Å². The molecule has 1 saturated carbocycles. The first-order valence-electron chi connectivity index (χ1n) is 10.3. The Hall–Kier alpha value is -3.16. The summed E-state index contributed by atoms with van der Waals surface area (Å²) in [7, 11) is 0. The van der Waals surface area contributed by atoms with Crippen molar-refractivity contribution in [3.05, 3.63) is 75.8 Å². The number of thioether (sulfide) groups is 1. The fraction of sp³-hybridized carbons (Fsp3) is 0.167. The van der Waals surface area contributed by atoms with Crippen LogP contribution in [0.5, 0.6) is 0 Å². The van der Waals surface area contributed by atoms with Gasteiger partial charge in [0.2, 0.25) is 0 Å². The molecule has 0 atom stereocenters. The number of rotatable bonds is 5. The van der Waals surface area contributed by atoms with E-state index in [1.807, 2.05) is 30.3 Å². The second kappa shape index (κ2) is 8.76. The molecule has 2 N–H and O–H groups in total. The third-order valence-corrected chi connectivity index (χ3v) is 6.49. The van der Waals surface area contributed by atoms with Crippen LogP contribution in [0.1, 0.15) is 28.8 Å². The number of carbonyl (C=O) groups excluding carboxylic acids is 2. The lowest BCUT2D eigenvalue weighted by atomic mass is 10.1. The Balaban J connectivity index is 1.30. The van der Waals surface area contributed by atoms with Gasteiger partial charge in [0.05, 0.1) is 21.1 Å². The molecule has 1 aliphatic carbocycles. The fourth-order valence-electron chi connectivity index (χ4n) is 3.34. The monoisotopic (exact) mass is 462 g/mol. The van der Waals surface area contributed by atoms with E-state index < -0.39 is 0 Å². The summed E-state index contributed by atoms with van der Waals surface area (Å²) < 4.78 is 0. The van der Waals surface area contributed by atoms with Crippen molar-refractivity contribution in [1.29, 1.82) is 0 Å². The first-order chi connectivity index (χ1) is 15.5. The predicted octanol–water partition coefficient (Wildman–Crippen LogP) is 5.11. The maximum absolute atomic E-state index is 12.4. The molecule has 0 spiro atoms. The number of amides is 2. The van der Waals surface area contributed by atoms with Crippen LogP contribution >= 0.6 is 23.4 Å². The molecule has 2 aliphatic rings. The SMILES string of the molecule is O=C1N=C(Nc2cc(C(=O)NCC3CC3)ccc2Cl)SC1=Cc1ccc2ncccc2c1. The maximum atomic E-state index is 12.4. The number of aliphatic imine (C=N–C) groups is 1. The van der Waals surface area contributed by atoms with E-state index >= 15 is 0 Å². The Morgan fingerprint density at radius 3 is 2.91 bits per heavy atom. The number of amidine groups is 1. The van der Waals surface area contributed by atoms with Crippen LogP contribution in [-0.2, 0) is 4.79 Å². The summed E-state index contributed by atoms with van der Waals surface area (Å²) in [6, 6.07) is 14.7. The molecule has 0 radical (unpaired) electrons. The number of pyridine rings is 1. The van der Waals surface area contributed by atoms with Crippen LogP contribution in [0.15, 0.2) is 64.6 Å². The third-order valence-electron chi connectivity index (χ3n) is 5.26. The zero-order chi connectivity index (χ0) is 22.1. The van der Waals surface area contributed by atoms with Crippen LogP contribution in [0.25, 0.3) is 17.0 Å². The lowest BCUT2D eigenvalue weighted by Gasteiger charge is -2.10. The first kappa shape index (κ1) is 20.7. The molecule has 2 amide bonds. The largest absolute Gasteiger partial charge is 0.352 e. The van der Waals surface area contributed by atoms with E-state index in [1.165, 1.54) is 24.6 Å². The van der Waals surface area contributed by atoms with Gasteiger partial charge in [0.15, 0.2) is 5.17 Å². The highest BCUT2D eigenvalue weighted by molar-refractivity contribution is 8.18. The van der Waals surface area contributed by atoms with Crippen LogP contribution in [0, 0.1) is 5.92 Å². The van der Waals surface area contributed by atoms with E-state index in [0.717, 1.165) is 16.5 Å². The minimum Gasteiger partial charge on any atom is -0.352 e. The van der Waals surface area contributed by atoms with Crippen molar-refractivity contribution in [3.8, 4) is 0 Å². The summed E-state index contributed by atoms with van der Waals surface area (Å²) in [5.41, 5.74) is 2.83. The molecule has 0 unspecified atom stereocenters. The summed E-state index contributed by atoms with van der Waals surface area (Å²) in [5, 5.41) is 7.89. The molecule has 8 heteroatoms. The minimum atomic E-state index is -0.321. The van der Waals surface area contributed by atoms with E-state index in [-0.39, 0.29) is 11.8 Å². The maximum Gasteiger partial charge on any atom is 0.286 e. The number of aromatic nitrogens is 1. The summed E-state index contributed by atoms with van der Waals surface area (Å²) in [6.07, 6.45) is 5.90. The lowest BCUT2D eigenvalue weighted by molar-refractivity contribution is -0.113. The highest BCUT2D eigenvalue weighted by Gasteiger charge is 2.24. The van der Waals surface area contributed by atoms with Crippen molar-refractivity contribution < 1.29 is 9.59 Å². The van der Waals surface area contributed by atoms with Gasteiger partial charge in [-0.25, -0.2) is 0 Å². The molecular formula is C24H19ClN4O2S. The highest BCUT2D eigenvalue weighted by Crippen LogP contribution is 2.32. The van der Waals surface area contributed by atoms with Gasteiger partial charge < -0.3 is 10.6 Å². The molecular weight excluding hydrogens is 444 g/mol. The van der Waals surface area contributed by atoms with Gasteiger partial charge in [0.1, 0.15) is 0 Å². The molecule has 6 nitrogen and oxygen atoms in total. The number of fused-ring (bicyclic) bond motifs is 1. The summed E-state index contributed by atoms with van der Waals surface area (Å²) >= 11 is 7.55. The Kier molecular flexibility index (Phi) is 5.68. The number of anilines is 1. The Labute approximate surface area is 194 Å². The van der Waals surface area contributed by atoms with Gasteiger partial charge in [0.25, 0.3) is 11.8 Å². The van der Waals surface area contributed by atoms with Gasteiger partial charge in [-0.3, -0.25) is 14.6 Å². The van der Waals surface area contributed by atoms with Gasteiger partial charge in [0, 0.05) is 23.7 Å². The number of carbonyl (C=O) groups is 2. The standard InChI is InChI=1S/C24H19ClN4O2S/c25-18-7-6-17(22(30)27-13-14-3-4-14)12-20(18)28-24-29-23(31)21(32-24)11-15-5-8-19-16(10-15)2-1-9-26-19/h1-2,5-12,14H,3-4,13H2,(H,27,30)(H,28,29,31). The Bertz CT molecular complexity index is 1300. The van der Waals surface area contributed by atoms with Crippen molar-refractivity contribution in [3.63, 3.8) is 0 Å². The lowest BCUT2D eigenvalue weighted by Crippen LogP contribution is -2.25. The molecule has 1 fully saturated rings. The minimum absolute atomic E-state index is 0.139. The van der Waals surface area contributed by atoms with E-state index in [2.05, 4.69) is 20.6 Å². The van der Waals surface area contributed by atoms with Crippen LogP contribution < -0.4 is 10.6 Å². The Morgan fingerprint density at radius 1 is 1.19 bits per heavy atom. The second-order valence-electron chi connectivity index (χ2n) is 7.76. The van der Waals surface area contributed by atoms with Crippen LogP contribution in [-0.4, -0.2) is 28.5 Å². The highest BCUT2D eigenvalue weighted by atomic mass is 35.5. The number of benzene rings is 2. The molecule has 1 aliphatic heterocycles. The summed E-state index contributed by atoms with van der Waals surface area (Å²) in [4.78, 5) is 33.7. The van der Waals surface area contributed by atoms with Crippen molar-refractivity contribution in [2.75, 3.05) is 11.9 Å². The molecule has 3 aromatic rings. The van der Waals surface area contributed by atoms with Gasteiger partial charge >= 0.3 is 0 Å². The average molecular weight is 463 g/mol. The molecule has 32 heavy (non-hydrogen) atoms. The first-order valence-corrected chi connectivity index (χ1v) is 11.5. The predicted molar refractivity (Wildman–Crippen MR) is 130 cm³/mol. The molecule has 160 valence electrons. The molecule has 2 heterocycles. The van der Waals surface area contributed by atoms with E-state index in [0.29, 0.717) is 38.8 Å². The van der Waals surface area contributed by atoms with Gasteiger partial charge in [-0.05, 0) is 78.6 Å². The topological polar surface area (TPSA) is 83.5 Å². The van der Waals surface area contributed by atoms with E-state index in [9.17, 15) is 9.59 Å². The van der Waals surface area contributed by atoms with Gasteiger partial charge in [-0.15, -0.1) is 0 Å². The number of hydrogen-bond donors (Lipinski definition) is 2. The van der Waals surface area contributed by atoms with Crippen molar-refractivity contribution in [2.45, 2.75) is 12.8 Å². The third kappa shape index (κ3) is 4.69. The molecule has 2 aromatic carbocycles. The quantitative estimate of drug-likeness (QED) is 0.515. The molecule has 5 rings (SSSR count). The number of nitrogens with zero attached hydrogens (tertiary/aromatic N) is 2. The zero-order valence-corrected chi connectivity index (χ0v) is 18.5. The van der Waals surface area contributed by atoms with Crippen LogP contribution in [0.3, 0.4) is 0 Å². The van der Waals surface area contributed by atoms with Gasteiger partial charge in [-0.1, -0.05) is 23.7 Å². The van der Waals surface area contributed by atoms with E-state index in [4.69, 9.17) is 11.6 Å². The van der Waals surface area contributed by atoms with Crippen LogP contribution in [0.2, 0.25) is 5.02 Å². The van der Waals surface area contributed by atoms with Crippen molar-refractivity contribution in [1.82, 2.24) is 10.3 Å². The number of hydrogen-bond acceptors (Lipinski definition) is 5. The summed E-state index contributed by atoms with van der Waals surface area (Å²) in [6.45, 7) is 0.695. The fourth-order valence-corrected chi connectivity index (χ4v) is 4.33. The van der Waals surface area contributed by atoms with E-state index in [1.54, 1.807) is 30.5 Å². The molecule has 0 bridgehead atoms. The smallest absolute Gasteiger partial charge is 0.286 e. The number of halogens is 1. The normalized spacial score (nSPS) is 17.0. The molecule has 0 saturated heterocycles. The molecule has 1 aromatic heterocycles. The summed E-state index contributed by atoms with van der Waals surface area (Å²) in [5.74, 6) is 0.140. The van der Waals surface area contributed by atoms with Crippen molar-refractivity contribution >= 4 is 63.0 Å². The zero-order valence-electron chi connectivity index (χ0n) is 17.0.